The second-order valence-electron chi connectivity index (χ2n) is 3.24. The van der Waals surface area contributed by atoms with Gasteiger partial charge in [-0.05, 0) is 13.0 Å². The van der Waals surface area contributed by atoms with Gasteiger partial charge in [0.2, 0.25) is 5.88 Å². The van der Waals surface area contributed by atoms with E-state index in [0.717, 1.165) is 5.56 Å². The van der Waals surface area contributed by atoms with Crippen molar-refractivity contribution in [2.75, 3.05) is 7.11 Å². The monoisotopic (exact) mass is 217 g/mol. The fourth-order valence-electron chi connectivity index (χ4n) is 1.35. The number of nitrogens with zero attached hydrogens (tertiary/aromatic N) is 3. The van der Waals surface area contributed by atoms with Crippen LogP contribution in [0.2, 0.25) is 0 Å². The van der Waals surface area contributed by atoms with Crippen molar-refractivity contribution in [1.82, 2.24) is 15.0 Å². The lowest BCUT2D eigenvalue weighted by molar-refractivity contribution is 0.398. The number of aromatic nitrogens is 3. The highest BCUT2D eigenvalue weighted by Crippen LogP contribution is 2.29. The van der Waals surface area contributed by atoms with E-state index in [-0.39, 0.29) is 5.75 Å². The summed E-state index contributed by atoms with van der Waals surface area (Å²) in [5.74, 6) is 0.559. The highest BCUT2D eigenvalue weighted by Gasteiger charge is 2.09. The molecule has 0 unspecified atom stereocenters. The van der Waals surface area contributed by atoms with Gasteiger partial charge in [-0.3, -0.25) is 0 Å². The predicted molar refractivity (Wildman–Crippen MR) is 58.2 cm³/mol. The number of aromatic hydroxyl groups is 1. The quantitative estimate of drug-likeness (QED) is 0.826. The number of hydrogen-bond donors (Lipinski definition) is 1. The van der Waals surface area contributed by atoms with Crippen LogP contribution in [-0.4, -0.2) is 27.2 Å². The van der Waals surface area contributed by atoms with Crippen molar-refractivity contribution in [2.45, 2.75) is 6.92 Å². The maximum atomic E-state index is 9.83. The summed E-state index contributed by atoms with van der Waals surface area (Å²) < 4.78 is 5.01. The van der Waals surface area contributed by atoms with Gasteiger partial charge in [0, 0.05) is 17.8 Å². The predicted octanol–water partition coefficient (Wildman–Crippen LogP) is 1.56. The van der Waals surface area contributed by atoms with Crippen molar-refractivity contribution in [3.8, 4) is 22.9 Å². The number of rotatable bonds is 2. The van der Waals surface area contributed by atoms with Crippen LogP contribution in [0, 0.1) is 6.92 Å². The SMILES string of the molecule is COc1cc(-c2ncnc(C)c2O)ccn1. The van der Waals surface area contributed by atoms with Crippen LogP contribution >= 0.6 is 0 Å². The van der Waals surface area contributed by atoms with Crippen LogP contribution in [0.25, 0.3) is 11.3 Å². The molecule has 0 aliphatic rings. The molecule has 2 aromatic heterocycles. The number of aryl methyl sites for hydroxylation is 1. The van der Waals surface area contributed by atoms with Crippen molar-refractivity contribution in [3.63, 3.8) is 0 Å². The molecule has 5 nitrogen and oxygen atoms in total. The van der Waals surface area contributed by atoms with Crippen LogP contribution in [0.15, 0.2) is 24.7 Å². The first kappa shape index (κ1) is 10.4. The largest absolute Gasteiger partial charge is 0.504 e. The molecule has 0 bridgehead atoms. The second kappa shape index (κ2) is 4.14. The zero-order chi connectivity index (χ0) is 11.5. The van der Waals surface area contributed by atoms with E-state index < -0.39 is 0 Å². The number of ether oxygens (including phenoxy) is 1. The van der Waals surface area contributed by atoms with E-state index >= 15 is 0 Å². The molecular formula is C11H11N3O2. The maximum absolute atomic E-state index is 9.83. The minimum Gasteiger partial charge on any atom is -0.504 e. The van der Waals surface area contributed by atoms with Gasteiger partial charge in [0.1, 0.15) is 12.0 Å². The summed E-state index contributed by atoms with van der Waals surface area (Å²) in [7, 11) is 1.54. The van der Waals surface area contributed by atoms with E-state index in [2.05, 4.69) is 15.0 Å². The van der Waals surface area contributed by atoms with E-state index in [4.69, 9.17) is 4.74 Å². The van der Waals surface area contributed by atoms with Crippen molar-refractivity contribution in [3.05, 3.63) is 30.4 Å². The fraction of sp³-hybridized carbons (Fsp3) is 0.182. The van der Waals surface area contributed by atoms with E-state index in [1.54, 1.807) is 25.3 Å². The van der Waals surface area contributed by atoms with Gasteiger partial charge in [-0.15, -0.1) is 0 Å². The molecular weight excluding hydrogens is 206 g/mol. The minimum absolute atomic E-state index is 0.0794. The molecule has 2 heterocycles. The molecule has 0 radical (unpaired) electrons. The van der Waals surface area contributed by atoms with Crippen LogP contribution in [-0.2, 0) is 0 Å². The molecule has 0 saturated carbocycles. The Kier molecular flexibility index (Phi) is 2.68. The summed E-state index contributed by atoms with van der Waals surface area (Å²) in [6.45, 7) is 1.72. The van der Waals surface area contributed by atoms with Crippen molar-refractivity contribution < 1.29 is 9.84 Å². The van der Waals surface area contributed by atoms with Gasteiger partial charge in [0.15, 0.2) is 5.75 Å². The van der Waals surface area contributed by atoms with Gasteiger partial charge >= 0.3 is 0 Å². The third-order valence-corrected chi connectivity index (χ3v) is 2.22. The number of methoxy groups -OCH3 is 1. The molecule has 0 aliphatic carbocycles. The molecule has 2 aromatic rings. The molecule has 0 aliphatic heterocycles. The van der Waals surface area contributed by atoms with Gasteiger partial charge in [0.25, 0.3) is 0 Å². The Morgan fingerprint density at radius 2 is 2.06 bits per heavy atom. The summed E-state index contributed by atoms with van der Waals surface area (Å²) in [5.41, 5.74) is 1.77. The number of hydrogen-bond acceptors (Lipinski definition) is 5. The molecule has 0 atom stereocenters. The van der Waals surface area contributed by atoms with Gasteiger partial charge in [-0.1, -0.05) is 0 Å². The summed E-state index contributed by atoms with van der Waals surface area (Å²) in [4.78, 5) is 11.9. The summed E-state index contributed by atoms with van der Waals surface area (Å²) >= 11 is 0. The van der Waals surface area contributed by atoms with Crippen LogP contribution in [0.4, 0.5) is 0 Å². The molecule has 0 fully saturated rings. The standard InChI is InChI=1S/C11H11N3O2/c1-7-11(15)10(14-6-13-7)8-3-4-12-9(5-8)16-2/h3-6,15H,1-2H3. The third-order valence-electron chi connectivity index (χ3n) is 2.22. The summed E-state index contributed by atoms with van der Waals surface area (Å²) in [5, 5.41) is 9.83. The van der Waals surface area contributed by atoms with Crippen LogP contribution < -0.4 is 4.74 Å². The molecule has 0 amide bonds. The highest BCUT2D eigenvalue weighted by molar-refractivity contribution is 5.66. The molecule has 1 N–H and O–H groups in total. The summed E-state index contributed by atoms with van der Waals surface area (Å²) in [6.07, 6.45) is 3.02. The first-order chi connectivity index (χ1) is 7.72. The first-order valence-electron chi connectivity index (χ1n) is 4.73. The van der Waals surface area contributed by atoms with Gasteiger partial charge in [0.05, 0.1) is 12.8 Å². The van der Waals surface area contributed by atoms with Gasteiger partial charge in [-0.25, -0.2) is 15.0 Å². The topological polar surface area (TPSA) is 68.1 Å². The van der Waals surface area contributed by atoms with Gasteiger partial charge in [-0.2, -0.15) is 0 Å². The second-order valence-corrected chi connectivity index (χ2v) is 3.24. The minimum atomic E-state index is 0.0794. The van der Waals surface area contributed by atoms with Crippen molar-refractivity contribution in [1.29, 1.82) is 0 Å². The van der Waals surface area contributed by atoms with Gasteiger partial charge < -0.3 is 9.84 Å². The Bertz CT molecular complexity index is 514. The average molecular weight is 217 g/mol. The first-order valence-corrected chi connectivity index (χ1v) is 4.73. The lowest BCUT2D eigenvalue weighted by Gasteiger charge is -2.06. The van der Waals surface area contributed by atoms with E-state index in [1.807, 2.05) is 0 Å². The Labute approximate surface area is 92.8 Å². The van der Waals surface area contributed by atoms with Crippen molar-refractivity contribution in [2.24, 2.45) is 0 Å². The Balaban J connectivity index is 2.54. The highest BCUT2D eigenvalue weighted by atomic mass is 16.5. The lowest BCUT2D eigenvalue weighted by Crippen LogP contribution is -1.92. The zero-order valence-corrected chi connectivity index (χ0v) is 9.01. The smallest absolute Gasteiger partial charge is 0.213 e. The Hall–Kier alpha value is -2.17. The summed E-state index contributed by atoms with van der Waals surface area (Å²) in [6, 6.07) is 3.46. The fourth-order valence-corrected chi connectivity index (χ4v) is 1.35. The van der Waals surface area contributed by atoms with E-state index in [0.29, 0.717) is 17.3 Å². The van der Waals surface area contributed by atoms with Crippen molar-refractivity contribution >= 4 is 0 Å². The van der Waals surface area contributed by atoms with Crippen LogP contribution in [0.3, 0.4) is 0 Å². The normalized spacial score (nSPS) is 10.1. The zero-order valence-electron chi connectivity index (χ0n) is 9.01. The average Bonchev–Trinajstić information content (AvgIpc) is 2.33. The molecule has 5 heteroatoms. The molecule has 2 rings (SSSR count). The third kappa shape index (κ3) is 1.79. The Morgan fingerprint density at radius 1 is 1.25 bits per heavy atom. The molecule has 0 aromatic carbocycles. The molecule has 16 heavy (non-hydrogen) atoms. The molecule has 0 spiro atoms. The van der Waals surface area contributed by atoms with Crippen LogP contribution in [0.1, 0.15) is 5.69 Å². The lowest BCUT2D eigenvalue weighted by atomic mass is 10.1. The van der Waals surface area contributed by atoms with E-state index in [1.165, 1.54) is 13.4 Å². The van der Waals surface area contributed by atoms with E-state index in [9.17, 15) is 5.11 Å². The Morgan fingerprint density at radius 3 is 2.81 bits per heavy atom. The number of pyridine rings is 1. The molecule has 0 saturated heterocycles. The molecule has 82 valence electrons. The maximum Gasteiger partial charge on any atom is 0.213 e. The van der Waals surface area contributed by atoms with Crippen LogP contribution in [0.5, 0.6) is 11.6 Å².